The van der Waals surface area contributed by atoms with E-state index in [0.717, 1.165) is 12.8 Å². The largest absolute Gasteiger partial charge is 0.394 e. The van der Waals surface area contributed by atoms with Crippen LogP contribution in [0, 0.1) is 0 Å². The lowest BCUT2D eigenvalue weighted by atomic mass is 9.99. The quantitative estimate of drug-likeness (QED) is 0.121. The lowest BCUT2D eigenvalue weighted by Crippen LogP contribution is -2.59. The zero-order chi connectivity index (χ0) is 24.9. The highest BCUT2D eigenvalue weighted by Gasteiger charge is 2.43. The lowest BCUT2D eigenvalue weighted by molar-refractivity contribution is -0.301. The summed E-state index contributed by atoms with van der Waals surface area (Å²) >= 11 is 0. The van der Waals surface area contributed by atoms with Crippen LogP contribution in [0.3, 0.4) is 0 Å². The average Bonchev–Trinajstić information content (AvgIpc) is 2.84. The zero-order valence-electron chi connectivity index (χ0n) is 21.8. The minimum absolute atomic E-state index is 0.427. The summed E-state index contributed by atoms with van der Waals surface area (Å²) in [6.45, 7) is 2.27. The number of rotatable bonds is 22. The van der Waals surface area contributed by atoms with E-state index in [1.54, 1.807) is 0 Å². The normalized spacial score (nSPS) is 25.4. The molecule has 0 aliphatic carbocycles. The number of ether oxygens (including phenoxy) is 2. The average molecular weight is 487 g/mol. The third kappa shape index (κ3) is 14.8. The van der Waals surface area contributed by atoms with Gasteiger partial charge in [0.1, 0.15) is 24.4 Å². The standard InChI is InChI=1S/C28H54O6/c1-2-3-4-5-6-7-8-9-10-11-12-13-14-15-16-17-18-19-20-21-22-33-28-27(32)26(31)25(30)24(23-29)34-28/h9-10,24-32H,2-8,11-23H2,1H3/b10-9-/t24-,25-,26+,27-,28?/m1/s1. The molecule has 4 N–H and O–H groups in total. The van der Waals surface area contributed by atoms with Crippen molar-refractivity contribution in [2.24, 2.45) is 0 Å². The van der Waals surface area contributed by atoms with Crippen LogP contribution >= 0.6 is 0 Å². The summed E-state index contributed by atoms with van der Waals surface area (Å²) in [7, 11) is 0. The first-order chi connectivity index (χ1) is 16.6. The lowest BCUT2D eigenvalue weighted by Gasteiger charge is -2.39. The van der Waals surface area contributed by atoms with Crippen LogP contribution in [-0.4, -0.2) is 64.3 Å². The molecule has 1 fully saturated rings. The smallest absolute Gasteiger partial charge is 0.186 e. The van der Waals surface area contributed by atoms with E-state index in [-0.39, 0.29) is 0 Å². The first-order valence-electron chi connectivity index (χ1n) is 14.2. The first-order valence-corrected chi connectivity index (χ1v) is 14.2. The highest BCUT2D eigenvalue weighted by atomic mass is 16.7. The van der Waals surface area contributed by atoms with Gasteiger partial charge in [-0.05, 0) is 32.1 Å². The third-order valence-electron chi connectivity index (χ3n) is 6.79. The SMILES string of the molecule is CCCCCCCC/C=C\CCCCCCCCCCCCOC1O[C@H](CO)[C@@H](O)[C@H](O)[C@H]1O. The van der Waals surface area contributed by atoms with Crippen molar-refractivity contribution >= 4 is 0 Å². The molecule has 1 aliphatic rings. The fourth-order valence-electron chi connectivity index (χ4n) is 4.46. The molecule has 1 heterocycles. The maximum atomic E-state index is 9.94. The topological polar surface area (TPSA) is 99.4 Å². The molecule has 0 aromatic carbocycles. The second kappa shape index (κ2) is 21.8. The number of hydrogen-bond donors (Lipinski definition) is 4. The Hall–Kier alpha value is -0.500. The molecule has 1 saturated heterocycles. The minimum Gasteiger partial charge on any atom is -0.394 e. The van der Waals surface area contributed by atoms with E-state index in [1.165, 1.54) is 103 Å². The van der Waals surface area contributed by atoms with Crippen LogP contribution < -0.4 is 0 Å². The van der Waals surface area contributed by atoms with E-state index >= 15 is 0 Å². The second-order valence-electron chi connectivity index (χ2n) is 9.92. The van der Waals surface area contributed by atoms with Crippen LogP contribution in [0.2, 0.25) is 0 Å². The molecular formula is C28H54O6. The maximum absolute atomic E-state index is 9.94. The van der Waals surface area contributed by atoms with Gasteiger partial charge >= 0.3 is 0 Å². The number of allylic oxidation sites excluding steroid dienone is 2. The molecular weight excluding hydrogens is 432 g/mol. The summed E-state index contributed by atoms with van der Waals surface area (Å²) in [6.07, 6.45) is 21.9. The maximum Gasteiger partial charge on any atom is 0.186 e. The molecule has 0 amide bonds. The van der Waals surface area contributed by atoms with Crippen molar-refractivity contribution in [3.63, 3.8) is 0 Å². The summed E-state index contributed by atoms with van der Waals surface area (Å²) in [5, 5.41) is 38.7. The molecule has 6 heteroatoms. The highest BCUT2D eigenvalue weighted by Crippen LogP contribution is 2.22. The molecule has 6 nitrogen and oxygen atoms in total. The fourth-order valence-corrected chi connectivity index (χ4v) is 4.46. The molecule has 1 aliphatic heterocycles. The zero-order valence-corrected chi connectivity index (χ0v) is 21.8. The van der Waals surface area contributed by atoms with Gasteiger partial charge in [-0.3, -0.25) is 0 Å². The minimum atomic E-state index is -1.37. The predicted molar refractivity (Wildman–Crippen MR) is 138 cm³/mol. The molecule has 0 radical (unpaired) electrons. The van der Waals surface area contributed by atoms with Crippen LogP contribution in [0.1, 0.15) is 122 Å². The van der Waals surface area contributed by atoms with Crippen LogP contribution in [0.15, 0.2) is 12.2 Å². The first kappa shape index (κ1) is 31.5. The van der Waals surface area contributed by atoms with Gasteiger partial charge in [-0.25, -0.2) is 0 Å². The number of hydrogen-bond acceptors (Lipinski definition) is 6. The molecule has 0 spiro atoms. The Morgan fingerprint density at radius 2 is 1.09 bits per heavy atom. The monoisotopic (exact) mass is 486 g/mol. The van der Waals surface area contributed by atoms with Gasteiger partial charge in [0.25, 0.3) is 0 Å². The predicted octanol–water partition coefficient (Wildman–Crippen LogP) is 5.40. The Kier molecular flexibility index (Phi) is 20.2. The number of aliphatic hydroxyl groups is 4. The summed E-state index contributed by atoms with van der Waals surface area (Å²) in [5.74, 6) is 0. The van der Waals surface area contributed by atoms with Crippen LogP contribution in [0.5, 0.6) is 0 Å². The summed E-state index contributed by atoms with van der Waals surface area (Å²) in [5.41, 5.74) is 0. The van der Waals surface area contributed by atoms with Crippen LogP contribution in [0.25, 0.3) is 0 Å². The molecule has 34 heavy (non-hydrogen) atoms. The molecule has 0 bridgehead atoms. The third-order valence-corrected chi connectivity index (χ3v) is 6.79. The summed E-state index contributed by atoms with van der Waals surface area (Å²) < 4.78 is 10.9. The van der Waals surface area contributed by atoms with Gasteiger partial charge < -0.3 is 29.9 Å². The molecule has 202 valence electrons. The molecule has 5 atom stereocenters. The summed E-state index contributed by atoms with van der Waals surface area (Å²) in [4.78, 5) is 0. The van der Waals surface area contributed by atoms with Gasteiger partial charge in [0.2, 0.25) is 0 Å². The molecule has 0 saturated carbocycles. The number of unbranched alkanes of at least 4 members (excludes halogenated alkanes) is 16. The molecule has 1 unspecified atom stereocenters. The van der Waals surface area contributed by atoms with Crippen molar-refractivity contribution < 1.29 is 29.9 Å². The molecule has 0 aromatic rings. The van der Waals surface area contributed by atoms with E-state index in [1.807, 2.05) is 0 Å². The van der Waals surface area contributed by atoms with Crippen LogP contribution in [0.4, 0.5) is 0 Å². The Bertz CT molecular complexity index is 470. The van der Waals surface area contributed by atoms with Crippen molar-refractivity contribution in [3.05, 3.63) is 12.2 Å². The van der Waals surface area contributed by atoms with E-state index < -0.39 is 37.3 Å². The molecule has 1 rings (SSSR count). The van der Waals surface area contributed by atoms with Gasteiger partial charge in [-0.15, -0.1) is 0 Å². The summed E-state index contributed by atoms with van der Waals surface area (Å²) in [6, 6.07) is 0. The van der Waals surface area contributed by atoms with Gasteiger partial charge in [0, 0.05) is 6.61 Å². The highest BCUT2D eigenvalue weighted by molar-refractivity contribution is 4.88. The van der Waals surface area contributed by atoms with Crippen molar-refractivity contribution in [3.8, 4) is 0 Å². The van der Waals surface area contributed by atoms with E-state index in [2.05, 4.69) is 19.1 Å². The fraction of sp³-hybridized carbons (Fsp3) is 0.929. The van der Waals surface area contributed by atoms with Gasteiger partial charge in [-0.2, -0.15) is 0 Å². The van der Waals surface area contributed by atoms with Gasteiger partial charge in [-0.1, -0.05) is 103 Å². The Morgan fingerprint density at radius 1 is 0.618 bits per heavy atom. The van der Waals surface area contributed by atoms with Crippen molar-refractivity contribution in [2.75, 3.05) is 13.2 Å². The Balaban J connectivity index is 1.82. The van der Waals surface area contributed by atoms with Crippen LogP contribution in [-0.2, 0) is 9.47 Å². The van der Waals surface area contributed by atoms with E-state index in [9.17, 15) is 20.4 Å². The Morgan fingerprint density at radius 3 is 1.59 bits per heavy atom. The van der Waals surface area contributed by atoms with E-state index in [0.29, 0.717) is 6.61 Å². The molecule has 0 aromatic heterocycles. The van der Waals surface area contributed by atoms with E-state index in [4.69, 9.17) is 9.47 Å². The van der Waals surface area contributed by atoms with Crippen molar-refractivity contribution in [1.29, 1.82) is 0 Å². The van der Waals surface area contributed by atoms with Gasteiger partial charge in [0.15, 0.2) is 6.29 Å². The van der Waals surface area contributed by atoms with Crippen molar-refractivity contribution in [1.82, 2.24) is 0 Å². The number of aliphatic hydroxyl groups excluding tert-OH is 4. The van der Waals surface area contributed by atoms with Crippen molar-refractivity contribution in [2.45, 2.75) is 153 Å². The Labute approximate surface area is 208 Å². The van der Waals surface area contributed by atoms with Gasteiger partial charge in [0.05, 0.1) is 6.61 Å². The second-order valence-corrected chi connectivity index (χ2v) is 9.92.